The monoisotopic (exact) mass is 275 g/mol. The number of ether oxygens (including phenoxy) is 1. The highest BCUT2D eigenvalue weighted by atomic mass is 16.5. The smallest absolute Gasteiger partial charge is 0.330 e. The molecule has 0 saturated carbocycles. The summed E-state index contributed by atoms with van der Waals surface area (Å²) < 4.78 is 4.66. The van der Waals surface area contributed by atoms with Crippen LogP contribution in [0.15, 0.2) is 24.3 Å². The van der Waals surface area contributed by atoms with Gasteiger partial charge in [0.15, 0.2) is 0 Å². The van der Waals surface area contributed by atoms with Gasteiger partial charge in [-0.15, -0.1) is 0 Å². The topological polar surface area (TPSA) is 82.4 Å². The predicted octanol–water partition coefficient (Wildman–Crippen LogP) is 0.672. The lowest BCUT2D eigenvalue weighted by atomic mass is 10.1. The lowest BCUT2D eigenvalue weighted by Crippen LogP contribution is -2.47. The molecule has 0 spiro atoms. The van der Waals surface area contributed by atoms with Crippen molar-refractivity contribution in [3.8, 4) is 6.07 Å². The third-order valence-electron chi connectivity index (χ3n) is 2.76. The van der Waals surface area contributed by atoms with Crippen LogP contribution in [0.25, 0.3) is 0 Å². The second-order valence-electron chi connectivity index (χ2n) is 4.29. The summed E-state index contributed by atoms with van der Waals surface area (Å²) in [5, 5.41) is 11.6. The van der Waals surface area contributed by atoms with E-state index in [4.69, 9.17) is 5.26 Å². The van der Waals surface area contributed by atoms with E-state index in [0.29, 0.717) is 11.3 Å². The summed E-state index contributed by atoms with van der Waals surface area (Å²) in [5.41, 5.74) is 1.19. The van der Waals surface area contributed by atoms with Crippen LogP contribution in [0, 0.1) is 11.3 Å². The molecule has 1 aromatic rings. The van der Waals surface area contributed by atoms with Gasteiger partial charge >= 0.3 is 5.97 Å². The summed E-state index contributed by atoms with van der Waals surface area (Å²) in [7, 11) is 3.01. The second-order valence-corrected chi connectivity index (χ2v) is 4.29. The number of rotatable bonds is 5. The Bertz CT molecular complexity index is 537. The molecule has 0 bridgehead atoms. The van der Waals surface area contributed by atoms with Gasteiger partial charge in [-0.05, 0) is 12.1 Å². The standard InChI is InChI=1S/C14H17N3O3/c1-10(18)16-12(14(19)20-3)9-17(2)13-7-5-4-6-11(13)8-15/h4-7,12H,9H2,1-3H3,(H,16,18). The number of amides is 1. The molecule has 0 aliphatic carbocycles. The zero-order valence-corrected chi connectivity index (χ0v) is 11.7. The molecule has 106 valence electrons. The lowest BCUT2D eigenvalue weighted by molar-refractivity contribution is -0.144. The number of para-hydroxylation sites is 1. The molecule has 0 radical (unpaired) electrons. The molecule has 0 aliphatic heterocycles. The average Bonchev–Trinajstić information content (AvgIpc) is 2.45. The summed E-state index contributed by atoms with van der Waals surface area (Å²) in [6.07, 6.45) is 0. The van der Waals surface area contributed by atoms with Crippen LogP contribution in [-0.2, 0) is 14.3 Å². The van der Waals surface area contributed by atoms with Crippen LogP contribution in [0.5, 0.6) is 0 Å². The van der Waals surface area contributed by atoms with Crippen LogP contribution in [0.3, 0.4) is 0 Å². The normalized spacial score (nSPS) is 11.1. The predicted molar refractivity (Wildman–Crippen MR) is 74.0 cm³/mol. The van der Waals surface area contributed by atoms with Crippen molar-refractivity contribution >= 4 is 17.6 Å². The summed E-state index contributed by atoms with van der Waals surface area (Å²) in [5.74, 6) is -0.844. The van der Waals surface area contributed by atoms with Crippen molar-refractivity contribution in [3.05, 3.63) is 29.8 Å². The highest BCUT2D eigenvalue weighted by Gasteiger charge is 2.22. The molecule has 1 atom stereocenters. The minimum absolute atomic E-state index is 0.213. The minimum atomic E-state index is -0.783. The van der Waals surface area contributed by atoms with E-state index in [2.05, 4.69) is 16.1 Å². The molecule has 20 heavy (non-hydrogen) atoms. The Morgan fingerprint density at radius 1 is 1.45 bits per heavy atom. The number of hydrogen-bond donors (Lipinski definition) is 1. The van der Waals surface area contributed by atoms with E-state index in [0.717, 1.165) is 0 Å². The zero-order chi connectivity index (χ0) is 15.1. The van der Waals surface area contributed by atoms with Crippen molar-refractivity contribution in [2.24, 2.45) is 0 Å². The maximum atomic E-state index is 11.6. The third kappa shape index (κ3) is 3.99. The van der Waals surface area contributed by atoms with Crippen molar-refractivity contribution in [1.82, 2.24) is 5.32 Å². The number of carbonyl (C=O) groups excluding carboxylic acids is 2. The number of nitrogens with zero attached hydrogens (tertiary/aromatic N) is 2. The van der Waals surface area contributed by atoms with Gasteiger partial charge in [0.1, 0.15) is 12.1 Å². The first-order valence-corrected chi connectivity index (χ1v) is 6.04. The molecule has 0 aromatic heterocycles. The Hall–Kier alpha value is -2.55. The second kappa shape index (κ2) is 7.14. The number of likely N-dealkylation sites (N-methyl/N-ethyl adjacent to an activating group) is 1. The molecule has 1 unspecified atom stereocenters. The van der Waals surface area contributed by atoms with E-state index in [9.17, 15) is 9.59 Å². The van der Waals surface area contributed by atoms with E-state index < -0.39 is 12.0 Å². The highest BCUT2D eigenvalue weighted by molar-refractivity contribution is 5.83. The van der Waals surface area contributed by atoms with E-state index >= 15 is 0 Å². The molecule has 1 N–H and O–H groups in total. The Kier molecular flexibility index (Phi) is 5.54. The van der Waals surface area contributed by atoms with Gasteiger partial charge in [-0.25, -0.2) is 4.79 Å². The fraction of sp³-hybridized carbons (Fsp3) is 0.357. The molecule has 6 nitrogen and oxygen atoms in total. The Morgan fingerprint density at radius 3 is 2.65 bits per heavy atom. The highest BCUT2D eigenvalue weighted by Crippen LogP contribution is 2.18. The Labute approximate surface area is 117 Å². The van der Waals surface area contributed by atoms with Gasteiger partial charge in [-0.2, -0.15) is 5.26 Å². The largest absolute Gasteiger partial charge is 0.467 e. The lowest BCUT2D eigenvalue weighted by Gasteiger charge is -2.25. The van der Waals surface area contributed by atoms with Crippen molar-refractivity contribution < 1.29 is 14.3 Å². The maximum Gasteiger partial charge on any atom is 0.330 e. The van der Waals surface area contributed by atoms with E-state index in [1.807, 2.05) is 0 Å². The van der Waals surface area contributed by atoms with Crippen LogP contribution in [-0.4, -0.2) is 38.6 Å². The molecular formula is C14H17N3O3. The van der Waals surface area contributed by atoms with Crippen LogP contribution in [0.4, 0.5) is 5.69 Å². The van der Waals surface area contributed by atoms with Crippen molar-refractivity contribution in [2.45, 2.75) is 13.0 Å². The number of esters is 1. The van der Waals surface area contributed by atoms with E-state index in [-0.39, 0.29) is 12.5 Å². The van der Waals surface area contributed by atoms with Crippen LogP contribution >= 0.6 is 0 Å². The molecular weight excluding hydrogens is 258 g/mol. The SMILES string of the molecule is COC(=O)C(CN(C)c1ccccc1C#N)NC(C)=O. The fourth-order valence-corrected chi connectivity index (χ4v) is 1.84. The molecule has 0 aliphatic rings. The number of carbonyl (C=O) groups is 2. The summed E-state index contributed by atoms with van der Waals surface area (Å²) >= 11 is 0. The molecule has 1 amide bonds. The van der Waals surface area contributed by atoms with Crippen LogP contribution in [0.2, 0.25) is 0 Å². The number of nitrogens with one attached hydrogen (secondary N) is 1. The summed E-state index contributed by atoms with van der Waals surface area (Å²) in [6, 6.07) is 8.34. The Morgan fingerprint density at radius 2 is 2.10 bits per heavy atom. The van der Waals surface area contributed by atoms with Crippen molar-refractivity contribution in [1.29, 1.82) is 5.26 Å². The average molecular weight is 275 g/mol. The van der Waals surface area contributed by atoms with Crippen molar-refractivity contribution in [3.63, 3.8) is 0 Å². The maximum absolute atomic E-state index is 11.6. The molecule has 1 rings (SSSR count). The Balaban J connectivity index is 2.90. The van der Waals surface area contributed by atoms with E-state index in [1.165, 1.54) is 14.0 Å². The fourth-order valence-electron chi connectivity index (χ4n) is 1.84. The number of benzene rings is 1. The molecule has 1 aromatic carbocycles. The van der Waals surface area contributed by atoms with Gasteiger partial charge in [0.2, 0.25) is 5.91 Å². The number of hydrogen-bond acceptors (Lipinski definition) is 5. The summed E-state index contributed by atoms with van der Waals surface area (Å²) in [4.78, 5) is 24.5. The van der Waals surface area contributed by atoms with E-state index in [1.54, 1.807) is 36.2 Å². The van der Waals surface area contributed by atoms with Gasteiger partial charge < -0.3 is 15.0 Å². The van der Waals surface area contributed by atoms with Gasteiger partial charge in [-0.3, -0.25) is 4.79 Å². The van der Waals surface area contributed by atoms with Crippen molar-refractivity contribution in [2.75, 3.05) is 25.6 Å². The quantitative estimate of drug-likeness (QED) is 0.799. The first-order chi connectivity index (χ1) is 9.49. The summed E-state index contributed by atoms with van der Waals surface area (Å²) in [6.45, 7) is 1.55. The minimum Gasteiger partial charge on any atom is -0.467 e. The molecule has 6 heteroatoms. The van der Waals surface area contributed by atoms with Gasteiger partial charge in [0.05, 0.1) is 18.4 Å². The third-order valence-corrected chi connectivity index (χ3v) is 2.76. The van der Waals surface area contributed by atoms with Gasteiger partial charge in [0, 0.05) is 20.5 Å². The van der Waals surface area contributed by atoms with Crippen LogP contribution in [0.1, 0.15) is 12.5 Å². The molecule has 0 fully saturated rings. The van der Waals surface area contributed by atoms with Gasteiger partial charge in [0.25, 0.3) is 0 Å². The number of anilines is 1. The molecule has 0 heterocycles. The van der Waals surface area contributed by atoms with Crippen LogP contribution < -0.4 is 10.2 Å². The van der Waals surface area contributed by atoms with Gasteiger partial charge in [-0.1, -0.05) is 12.1 Å². The molecule has 0 saturated heterocycles. The number of methoxy groups -OCH3 is 1. The first-order valence-electron chi connectivity index (χ1n) is 6.04. The first kappa shape index (κ1) is 15.5. The zero-order valence-electron chi connectivity index (χ0n) is 11.7. The number of nitriles is 1.